The van der Waals surface area contributed by atoms with E-state index in [-0.39, 0.29) is 5.52 Å². The van der Waals surface area contributed by atoms with Gasteiger partial charge >= 0.3 is 0 Å². The van der Waals surface area contributed by atoms with Gasteiger partial charge in [-0.2, -0.15) is 0 Å². The Labute approximate surface area is 118 Å². The molecule has 1 atom stereocenters. The maximum absolute atomic E-state index is 12.6. The zero-order valence-electron chi connectivity index (χ0n) is 11.6. The topological polar surface area (TPSA) is 46.7 Å². The summed E-state index contributed by atoms with van der Waals surface area (Å²) < 4.78 is 17.8. The van der Waals surface area contributed by atoms with Crippen LogP contribution in [0.5, 0.6) is 11.5 Å². The van der Waals surface area contributed by atoms with Crippen LogP contribution in [0.25, 0.3) is 0 Å². The highest BCUT2D eigenvalue weighted by molar-refractivity contribution is 7.71. The molecule has 3 nitrogen and oxygen atoms in total. The number of hydrogen-bond acceptors (Lipinski definition) is 3. The SMILES string of the molecule is Cc1cc(C)c(C(=O)[PH](=O)c2cccc3c2O3)c(C)c1. The molecule has 1 aliphatic heterocycles. The van der Waals surface area contributed by atoms with E-state index in [2.05, 4.69) is 0 Å². The molecule has 0 spiro atoms. The standard InChI is InChI=1S/C16H15O3P/c1-9-7-10(2)14(11(3)8-9)16(17)20(18)13-6-4-5-12-15(13)19-12/h4-8,20H,1-3H3. The van der Waals surface area contributed by atoms with Crippen LogP contribution in [0.3, 0.4) is 0 Å². The lowest BCUT2D eigenvalue weighted by molar-refractivity contribution is 0.107. The third kappa shape index (κ3) is 2.08. The molecule has 0 aliphatic carbocycles. The van der Waals surface area contributed by atoms with Gasteiger partial charge in [-0.1, -0.05) is 23.8 Å². The summed E-state index contributed by atoms with van der Waals surface area (Å²) in [4.78, 5) is 12.6. The molecule has 102 valence electrons. The zero-order chi connectivity index (χ0) is 14.4. The summed E-state index contributed by atoms with van der Waals surface area (Å²) in [7, 11) is -2.55. The molecule has 3 rings (SSSR count). The largest absolute Gasteiger partial charge is 0.449 e. The lowest BCUT2D eigenvalue weighted by atomic mass is 10.0. The van der Waals surface area contributed by atoms with Crippen molar-refractivity contribution in [2.75, 3.05) is 0 Å². The molecule has 0 saturated heterocycles. The number of carbonyl (C=O) groups is 1. The fraction of sp³-hybridized carbons (Fsp3) is 0.188. The maximum Gasteiger partial charge on any atom is 0.223 e. The quantitative estimate of drug-likeness (QED) is 0.544. The highest BCUT2D eigenvalue weighted by Crippen LogP contribution is 2.47. The second kappa shape index (κ2) is 4.60. The first-order valence-corrected chi connectivity index (χ1v) is 7.87. The van der Waals surface area contributed by atoms with E-state index < -0.39 is 7.80 Å². The minimum Gasteiger partial charge on any atom is -0.449 e. The van der Waals surface area contributed by atoms with Gasteiger partial charge in [0.15, 0.2) is 19.3 Å². The van der Waals surface area contributed by atoms with Gasteiger partial charge in [0.2, 0.25) is 5.52 Å². The number of ether oxygens (including phenoxy) is 1. The van der Waals surface area contributed by atoms with Crippen molar-refractivity contribution in [3.05, 3.63) is 52.6 Å². The minimum atomic E-state index is -2.55. The molecule has 2 aromatic rings. The normalized spacial score (nSPS) is 13.3. The summed E-state index contributed by atoms with van der Waals surface area (Å²) in [5, 5.41) is 0.539. The molecule has 2 aromatic carbocycles. The average molecular weight is 286 g/mol. The molecular weight excluding hydrogens is 271 g/mol. The Balaban J connectivity index is 2.02. The Hall–Kier alpha value is -1.86. The molecule has 0 amide bonds. The fourth-order valence-corrected chi connectivity index (χ4v) is 4.14. The number of benzene rings is 2. The summed E-state index contributed by atoms with van der Waals surface area (Å²) in [6.07, 6.45) is 0. The Bertz CT molecular complexity index is 739. The van der Waals surface area contributed by atoms with Crippen LogP contribution in [0.1, 0.15) is 27.0 Å². The molecule has 0 saturated carbocycles. The smallest absolute Gasteiger partial charge is 0.223 e. The Morgan fingerprint density at radius 2 is 1.75 bits per heavy atom. The van der Waals surface area contributed by atoms with Crippen LogP contribution in [0.2, 0.25) is 0 Å². The average Bonchev–Trinajstić information content (AvgIpc) is 3.15. The number of aryl methyl sites for hydroxylation is 3. The molecule has 0 radical (unpaired) electrons. The van der Waals surface area contributed by atoms with Gasteiger partial charge in [-0.3, -0.25) is 4.79 Å². The highest BCUT2D eigenvalue weighted by Gasteiger charge is 2.30. The van der Waals surface area contributed by atoms with Crippen molar-refractivity contribution < 1.29 is 14.1 Å². The second-order valence-corrected chi connectivity index (χ2v) is 6.82. The third-order valence-corrected chi connectivity index (χ3v) is 5.05. The number of rotatable bonds is 3. The predicted octanol–water partition coefficient (Wildman–Crippen LogP) is 3.74. The van der Waals surface area contributed by atoms with Crippen LogP contribution in [0.15, 0.2) is 30.3 Å². The van der Waals surface area contributed by atoms with Crippen molar-refractivity contribution in [1.29, 1.82) is 0 Å². The predicted molar refractivity (Wildman–Crippen MR) is 80.1 cm³/mol. The van der Waals surface area contributed by atoms with Gasteiger partial charge < -0.3 is 9.30 Å². The first kappa shape index (κ1) is 13.1. The molecule has 1 unspecified atom stereocenters. The second-order valence-electron chi connectivity index (χ2n) is 5.17. The first-order chi connectivity index (χ1) is 9.49. The van der Waals surface area contributed by atoms with E-state index in [0.29, 0.717) is 16.6 Å². The van der Waals surface area contributed by atoms with Gasteiger partial charge in [-0.05, 0) is 44.0 Å². The number of para-hydroxylation sites is 1. The van der Waals surface area contributed by atoms with Crippen LogP contribution >= 0.6 is 7.80 Å². The van der Waals surface area contributed by atoms with E-state index in [1.54, 1.807) is 18.2 Å². The zero-order valence-corrected chi connectivity index (χ0v) is 12.6. The molecule has 0 N–H and O–H groups in total. The van der Waals surface area contributed by atoms with Crippen LogP contribution < -0.4 is 10.0 Å². The number of carbonyl (C=O) groups excluding carboxylic acids is 1. The Kier molecular flexibility index (Phi) is 3.02. The fourth-order valence-electron chi connectivity index (χ4n) is 2.64. The summed E-state index contributed by atoms with van der Waals surface area (Å²) in [5.74, 6) is 1.35. The maximum atomic E-state index is 12.6. The van der Waals surface area contributed by atoms with Gasteiger partial charge in [-0.25, -0.2) is 0 Å². The van der Waals surface area contributed by atoms with Crippen LogP contribution in [0.4, 0.5) is 0 Å². The van der Waals surface area contributed by atoms with Gasteiger partial charge in [0.25, 0.3) is 0 Å². The van der Waals surface area contributed by atoms with Crippen LogP contribution in [0, 0.1) is 20.8 Å². The lowest BCUT2D eigenvalue weighted by Gasteiger charge is -2.10. The summed E-state index contributed by atoms with van der Waals surface area (Å²) in [6, 6.07) is 9.18. The summed E-state index contributed by atoms with van der Waals surface area (Å²) >= 11 is 0. The van der Waals surface area contributed by atoms with Crippen LogP contribution in [-0.4, -0.2) is 5.52 Å². The van der Waals surface area contributed by atoms with Crippen molar-refractivity contribution in [3.8, 4) is 11.5 Å². The number of hydrogen-bond donors (Lipinski definition) is 0. The molecule has 0 bridgehead atoms. The summed E-state index contributed by atoms with van der Waals surface area (Å²) in [6.45, 7) is 5.76. The Morgan fingerprint density at radius 1 is 1.10 bits per heavy atom. The third-order valence-electron chi connectivity index (χ3n) is 3.50. The van der Waals surface area contributed by atoms with Crippen molar-refractivity contribution >= 4 is 18.6 Å². The molecule has 0 aromatic heterocycles. The monoisotopic (exact) mass is 286 g/mol. The van der Waals surface area contributed by atoms with E-state index in [1.807, 2.05) is 32.9 Å². The van der Waals surface area contributed by atoms with Crippen molar-refractivity contribution in [1.82, 2.24) is 0 Å². The Morgan fingerprint density at radius 3 is 2.40 bits per heavy atom. The van der Waals surface area contributed by atoms with E-state index in [1.165, 1.54) is 0 Å². The van der Waals surface area contributed by atoms with Gasteiger partial charge in [0.05, 0.1) is 5.30 Å². The van der Waals surface area contributed by atoms with Gasteiger partial charge in [-0.15, -0.1) is 0 Å². The highest BCUT2D eigenvalue weighted by atomic mass is 31.1. The van der Waals surface area contributed by atoms with E-state index in [9.17, 15) is 9.36 Å². The van der Waals surface area contributed by atoms with Crippen LogP contribution in [-0.2, 0) is 4.57 Å². The molecule has 0 fully saturated rings. The summed E-state index contributed by atoms with van der Waals surface area (Å²) in [5.41, 5.74) is 3.16. The van der Waals surface area contributed by atoms with Crippen molar-refractivity contribution in [2.45, 2.75) is 20.8 Å². The minimum absolute atomic E-state index is 0.283. The molecule has 1 heterocycles. The molecule has 20 heavy (non-hydrogen) atoms. The molecular formula is C16H15O3P. The van der Waals surface area contributed by atoms with Gasteiger partial charge in [0.1, 0.15) is 0 Å². The van der Waals surface area contributed by atoms with Crippen molar-refractivity contribution in [2.24, 2.45) is 0 Å². The van der Waals surface area contributed by atoms with Crippen molar-refractivity contribution in [3.63, 3.8) is 0 Å². The van der Waals surface area contributed by atoms with E-state index in [4.69, 9.17) is 4.74 Å². The molecule has 4 heteroatoms. The van der Waals surface area contributed by atoms with E-state index in [0.717, 1.165) is 22.4 Å². The molecule has 1 aliphatic rings. The number of fused-ring (bicyclic) bond motifs is 1. The van der Waals surface area contributed by atoms with E-state index >= 15 is 0 Å². The van der Waals surface area contributed by atoms with Gasteiger partial charge in [0, 0.05) is 5.56 Å². The first-order valence-electron chi connectivity index (χ1n) is 6.47. The lowest BCUT2D eigenvalue weighted by Crippen LogP contribution is -2.06.